The number of ether oxygens (including phenoxy) is 2. The van der Waals surface area contributed by atoms with Gasteiger partial charge in [-0.05, 0) is 25.3 Å². The minimum absolute atomic E-state index is 0.00993. The Labute approximate surface area is 146 Å². The van der Waals surface area contributed by atoms with E-state index in [2.05, 4.69) is 11.9 Å². The molecule has 0 fully saturated rings. The molecule has 128 valence electrons. The lowest BCUT2D eigenvalue weighted by atomic mass is 10.1. The summed E-state index contributed by atoms with van der Waals surface area (Å²) in [7, 11) is 1.63. The summed E-state index contributed by atoms with van der Waals surface area (Å²) in [5, 5.41) is 2.90. The van der Waals surface area contributed by atoms with Gasteiger partial charge in [-0.3, -0.25) is 4.79 Å². The molecular formula is C18H22N2O3S. The average molecular weight is 346 g/mol. The maximum atomic E-state index is 12.8. The van der Waals surface area contributed by atoms with E-state index < -0.39 is 0 Å². The molecule has 6 heteroatoms. The lowest BCUT2D eigenvalue weighted by Gasteiger charge is -2.26. The Morgan fingerprint density at radius 1 is 1.46 bits per heavy atom. The van der Waals surface area contributed by atoms with Gasteiger partial charge < -0.3 is 14.4 Å². The summed E-state index contributed by atoms with van der Waals surface area (Å²) in [5.41, 5.74) is 1.51. The second-order valence-corrected chi connectivity index (χ2v) is 6.70. The number of aryl methyl sites for hydroxylation is 1. The number of amides is 1. The lowest BCUT2D eigenvalue weighted by molar-refractivity contribution is 0.0716. The number of para-hydroxylation sites is 1. The number of thiazole rings is 1. The average Bonchev–Trinajstić information content (AvgIpc) is 3.03. The van der Waals surface area contributed by atoms with Crippen molar-refractivity contribution in [2.24, 2.45) is 0 Å². The number of fused-ring (bicyclic) bond motifs is 1. The Morgan fingerprint density at radius 3 is 3.12 bits per heavy atom. The van der Waals surface area contributed by atoms with Gasteiger partial charge in [0.15, 0.2) is 11.5 Å². The zero-order valence-corrected chi connectivity index (χ0v) is 14.9. The highest BCUT2D eigenvalue weighted by Gasteiger charge is 2.23. The monoisotopic (exact) mass is 346 g/mol. The van der Waals surface area contributed by atoms with Crippen molar-refractivity contribution >= 4 is 17.2 Å². The Balaban J connectivity index is 1.83. The lowest BCUT2D eigenvalue weighted by Crippen LogP contribution is -2.34. The van der Waals surface area contributed by atoms with Crippen LogP contribution in [-0.2, 0) is 13.0 Å². The van der Waals surface area contributed by atoms with Gasteiger partial charge in [-0.15, -0.1) is 11.3 Å². The largest absolute Gasteiger partial charge is 0.493 e. The number of carbonyl (C=O) groups is 1. The Hall–Kier alpha value is -2.08. The number of nitrogens with zero attached hydrogens (tertiary/aromatic N) is 2. The molecule has 2 heterocycles. The number of hydrogen-bond donors (Lipinski definition) is 0. The van der Waals surface area contributed by atoms with E-state index in [1.165, 1.54) is 0 Å². The summed E-state index contributed by atoms with van der Waals surface area (Å²) in [4.78, 5) is 19.2. The molecule has 0 unspecified atom stereocenters. The molecule has 2 aromatic rings. The van der Waals surface area contributed by atoms with Gasteiger partial charge in [0, 0.05) is 24.0 Å². The van der Waals surface area contributed by atoms with E-state index in [9.17, 15) is 4.79 Å². The molecule has 0 bridgehead atoms. The zero-order chi connectivity index (χ0) is 16.9. The first-order valence-corrected chi connectivity index (χ1v) is 9.13. The molecule has 1 aliphatic heterocycles. The van der Waals surface area contributed by atoms with Crippen molar-refractivity contribution in [2.45, 2.75) is 32.7 Å². The molecule has 5 nitrogen and oxygen atoms in total. The van der Waals surface area contributed by atoms with E-state index >= 15 is 0 Å². The van der Waals surface area contributed by atoms with E-state index in [0.717, 1.165) is 35.6 Å². The number of benzene rings is 1. The van der Waals surface area contributed by atoms with Gasteiger partial charge >= 0.3 is 0 Å². The third-order valence-electron chi connectivity index (χ3n) is 3.98. The van der Waals surface area contributed by atoms with Gasteiger partial charge in [0.1, 0.15) is 5.69 Å². The van der Waals surface area contributed by atoms with Crippen LogP contribution in [-0.4, -0.2) is 36.1 Å². The molecule has 0 N–H and O–H groups in total. The van der Waals surface area contributed by atoms with Crippen LogP contribution in [0.4, 0.5) is 0 Å². The van der Waals surface area contributed by atoms with Crippen LogP contribution in [0.3, 0.4) is 0 Å². The van der Waals surface area contributed by atoms with Crippen LogP contribution >= 0.6 is 11.3 Å². The normalized spacial score (nSPS) is 14.3. The highest BCUT2D eigenvalue weighted by atomic mass is 32.1. The predicted molar refractivity (Wildman–Crippen MR) is 94.0 cm³/mol. The number of rotatable bonds is 4. The van der Waals surface area contributed by atoms with E-state index in [1.807, 2.05) is 28.5 Å². The summed E-state index contributed by atoms with van der Waals surface area (Å²) in [6.45, 7) is 3.85. The van der Waals surface area contributed by atoms with Gasteiger partial charge in [-0.2, -0.15) is 0 Å². The molecule has 0 spiro atoms. The third-order valence-corrected chi connectivity index (χ3v) is 4.89. The van der Waals surface area contributed by atoms with Crippen LogP contribution in [0.5, 0.6) is 11.5 Å². The van der Waals surface area contributed by atoms with Crippen molar-refractivity contribution in [1.82, 2.24) is 9.88 Å². The number of carbonyl (C=O) groups excluding carboxylic acids is 1. The first kappa shape index (κ1) is 16.8. The standard InChI is InChI=1S/C18H22N2O3S/c1-3-6-16-19-14(12-24-16)18(21)20-9-5-10-23-17-13(11-20)7-4-8-15(17)22-2/h4,7-8,12H,3,5-6,9-11H2,1-2H3. The van der Waals surface area contributed by atoms with Crippen molar-refractivity contribution in [3.8, 4) is 11.5 Å². The predicted octanol–water partition coefficient (Wildman–Crippen LogP) is 3.53. The topological polar surface area (TPSA) is 51.7 Å². The van der Waals surface area contributed by atoms with Crippen molar-refractivity contribution in [2.75, 3.05) is 20.3 Å². The van der Waals surface area contributed by atoms with Crippen LogP contribution in [0.2, 0.25) is 0 Å². The maximum Gasteiger partial charge on any atom is 0.273 e. The number of methoxy groups -OCH3 is 1. The van der Waals surface area contributed by atoms with Crippen molar-refractivity contribution in [1.29, 1.82) is 0 Å². The van der Waals surface area contributed by atoms with Crippen LogP contribution in [0, 0.1) is 0 Å². The number of aromatic nitrogens is 1. The molecule has 1 amide bonds. The molecule has 1 aromatic heterocycles. The summed E-state index contributed by atoms with van der Waals surface area (Å²) >= 11 is 1.56. The highest BCUT2D eigenvalue weighted by molar-refractivity contribution is 7.09. The maximum absolute atomic E-state index is 12.8. The molecule has 0 atom stereocenters. The highest BCUT2D eigenvalue weighted by Crippen LogP contribution is 2.33. The minimum Gasteiger partial charge on any atom is -0.493 e. The van der Waals surface area contributed by atoms with Gasteiger partial charge in [0.25, 0.3) is 5.91 Å². The first-order valence-electron chi connectivity index (χ1n) is 8.25. The fraction of sp³-hybridized carbons (Fsp3) is 0.444. The minimum atomic E-state index is -0.00993. The van der Waals surface area contributed by atoms with Crippen LogP contribution in [0.25, 0.3) is 0 Å². The van der Waals surface area contributed by atoms with Crippen molar-refractivity contribution in [3.63, 3.8) is 0 Å². The van der Waals surface area contributed by atoms with Gasteiger partial charge in [-0.1, -0.05) is 19.1 Å². The van der Waals surface area contributed by atoms with Crippen molar-refractivity contribution in [3.05, 3.63) is 39.8 Å². The summed E-state index contributed by atoms with van der Waals surface area (Å²) in [6.07, 6.45) is 2.75. The Bertz CT molecular complexity index is 714. The molecule has 3 rings (SSSR count). The quantitative estimate of drug-likeness (QED) is 0.850. The Morgan fingerprint density at radius 2 is 2.33 bits per heavy atom. The van der Waals surface area contributed by atoms with E-state index in [4.69, 9.17) is 9.47 Å². The van der Waals surface area contributed by atoms with E-state index in [0.29, 0.717) is 31.1 Å². The Kier molecular flexibility index (Phi) is 5.35. The van der Waals surface area contributed by atoms with Gasteiger partial charge in [0.2, 0.25) is 0 Å². The SMILES string of the molecule is CCCc1nc(C(=O)N2CCCOc3c(cccc3OC)C2)cs1. The molecule has 1 aliphatic rings. The summed E-state index contributed by atoms with van der Waals surface area (Å²) < 4.78 is 11.2. The fourth-order valence-electron chi connectivity index (χ4n) is 2.80. The third kappa shape index (κ3) is 3.53. The second-order valence-electron chi connectivity index (χ2n) is 5.75. The molecule has 0 radical (unpaired) electrons. The smallest absolute Gasteiger partial charge is 0.273 e. The molecule has 0 aliphatic carbocycles. The molecule has 0 saturated carbocycles. The fourth-order valence-corrected chi connectivity index (χ4v) is 3.67. The first-order chi connectivity index (χ1) is 11.7. The molecule has 1 aromatic carbocycles. The van der Waals surface area contributed by atoms with Gasteiger partial charge in [-0.25, -0.2) is 4.98 Å². The molecule has 24 heavy (non-hydrogen) atoms. The number of hydrogen-bond acceptors (Lipinski definition) is 5. The van der Waals surface area contributed by atoms with E-state index in [1.54, 1.807) is 18.4 Å². The summed E-state index contributed by atoms with van der Waals surface area (Å²) in [6, 6.07) is 5.78. The van der Waals surface area contributed by atoms with Crippen molar-refractivity contribution < 1.29 is 14.3 Å². The van der Waals surface area contributed by atoms with E-state index in [-0.39, 0.29) is 5.91 Å². The van der Waals surface area contributed by atoms with Crippen LogP contribution in [0.1, 0.15) is 40.8 Å². The van der Waals surface area contributed by atoms with Gasteiger partial charge in [0.05, 0.1) is 18.7 Å². The molecule has 0 saturated heterocycles. The van der Waals surface area contributed by atoms with Crippen LogP contribution < -0.4 is 9.47 Å². The van der Waals surface area contributed by atoms with Crippen LogP contribution in [0.15, 0.2) is 23.6 Å². The summed E-state index contributed by atoms with van der Waals surface area (Å²) in [5.74, 6) is 1.44. The molecular weight excluding hydrogens is 324 g/mol. The zero-order valence-electron chi connectivity index (χ0n) is 14.1. The second kappa shape index (κ2) is 7.66.